The summed E-state index contributed by atoms with van der Waals surface area (Å²) in [6.07, 6.45) is 5.05. The average molecular weight is 346 g/mol. The van der Waals surface area contributed by atoms with E-state index in [1.165, 1.54) is 19.2 Å². The number of anilines is 1. The fourth-order valence-electron chi connectivity index (χ4n) is 3.12. The number of rotatable bonds is 6. The first-order valence-electron chi connectivity index (χ1n) is 8.59. The average Bonchev–Trinajstić information content (AvgIpc) is 2.60. The van der Waals surface area contributed by atoms with Crippen LogP contribution in [0.25, 0.3) is 0 Å². The van der Waals surface area contributed by atoms with Gasteiger partial charge in [-0.1, -0.05) is 27.2 Å². The molecule has 1 saturated carbocycles. The van der Waals surface area contributed by atoms with Gasteiger partial charge in [-0.2, -0.15) is 0 Å². The van der Waals surface area contributed by atoms with Crippen molar-refractivity contribution < 1.29 is 14.5 Å². The van der Waals surface area contributed by atoms with Gasteiger partial charge in [0.25, 0.3) is 5.69 Å². The number of non-ortho nitro benzene ring substituents is 1. The van der Waals surface area contributed by atoms with Crippen molar-refractivity contribution in [3.05, 3.63) is 40.1 Å². The Morgan fingerprint density at radius 3 is 2.76 bits per heavy atom. The van der Waals surface area contributed by atoms with Crippen LogP contribution in [0.4, 0.5) is 11.4 Å². The molecule has 6 heteroatoms. The van der Waals surface area contributed by atoms with Gasteiger partial charge in [0, 0.05) is 24.3 Å². The molecule has 0 aliphatic heterocycles. The molecular formula is C19H26N2O4. The van der Waals surface area contributed by atoms with Crippen LogP contribution in [0.1, 0.15) is 46.5 Å². The molecule has 1 aromatic rings. The molecule has 0 heterocycles. The number of Topliss-reactive ketones (excluding diaryl/α,β-unsaturated/α-hetero) is 1. The van der Waals surface area contributed by atoms with Crippen molar-refractivity contribution in [2.24, 2.45) is 11.3 Å². The predicted octanol–water partition coefficient (Wildman–Crippen LogP) is 4.70. The Kier molecular flexibility index (Phi) is 5.82. The van der Waals surface area contributed by atoms with Gasteiger partial charge in [0.05, 0.1) is 23.8 Å². The number of nitro benzene ring substituents is 1. The summed E-state index contributed by atoms with van der Waals surface area (Å²) in [6, 6.07) is 4.37. The number of benzene rings is 1. The third-order valence-corrected chi connectivity index (χ3v) is 5.36. The highest BCUT2D eigenvalue weighted by Crippen LogP contribution is 2.41. The molecule has 0 bridgehead atoms. The number of nitro groups is 1. The minimum Gasteiger partial charge on any atom is -0.494 e. The minimum atomic E-state index is -0.465. The molecule has 0 amide bonds. The fourth-order valence-corrected chi connectivity index (χ4v) is 3.12. The zero-order valence-electron chi connectivity index (χ0n) is 15.3. The summed E-state index contributed by atoms with van der Waals surface area (Å²) >= 11 is 0. The molecule has 6 nitrogen and oxygen atoms in total. The third kappa shape index (κ3) is 4.38. The van der Waals surface area contributed by atoms with Crippen LogP contribution in [0.15, 0.2) is 30.0 Å². The Morgan fingerprint density at radius 2 is 2.16 bits per heavy atom. The summed E-state index contributed by atoms with van der Waals surface area (Å²) in [7, 11) is 1.46. The van der Waals surface area contributed by atoms with Crippen molar-refractivity contribution in [3.8, 4) is 5.75 Å². The summed E-state index contributed by atoms with van der Waals surface area (Å²) in [4.78, 5) is 22.6. The van der Waals surface area contributed by atoms with E-state index in [0.29, 0.717) is 23.8 Å². The van der Waals surface area contributed by atoms with Crippen molar-refractivity contribution >= 4 is 17.2 Å². The first-order valence-corrected chi connectivity index (χ1v) is 8.59. The lowest BCUT2D eigenvalue weighted by Gasteiger charge is -2.36. The Labute approximate surface area is 148 Å². The van der Waals surface area contributed by atoms with Crippen LogP contribution in [0.3, 0.4) is 0 Å². The second kappa shape index (κ2) is 7.68. The summed E-state index contributed by atoms with van der Waals surface area (Å²) in [6.45, 7) is 6.68. The van der Waals surface area contributed by atoms with Crippen molar-refractivity contribution in [1.82, 2.24) is 0 Å². The quantitative estimate of drug-likeness (QED) is 0.458. The summed E-state index contributed by atoms with van der Waals surface area (Å²) < 4.78 is 5.21. The highest BCUT2D eigenvalue weighted by atomic mass is 16.6. The fraction of sp³-hybridized carbons (Fsp3) is 0.526. The Balaban J connectivity index is 2.19. The number of nitrogens with zero attached hydrogens (tertiary/aromatic N) is 1. The second-order valence-corrected chi connectivity index (χ2v) is 7.16. The van der Waals surface area contributed by atoms with Crippen LogP contribution in [0, 0.1) is 21.4 Å². The van der Waals surface area contributed by atoms with Crippen LogP contribution in [-0.4, -0.2) is 17.8 Å². The molecule has 2 rings (SSSR count). The maximum atomic E-state index is 12.2. The Hall–Kier alpha value is -2.37. The largest absolute Gasteiger partial charge is 0.494 e. The number of hydrogen-bond acceptors (Lipinski definition) is 5. The Morgan fingerprint density at radius 1 is 1.44 bits per heavy atom. The predicted molar refractivity (Wildman–Crippen MR) is 97.8 cm³/mol. The molecule has 0 saturated heterocycles. The number of methoxy groups -OCH3 is 1. The zero-order valence-corrected chi connectivity index (χ0v) is 15.3. The van der Waals surface area contributed by atoms with Gasteiger partial charge in [-0.15, -0.1) is 0 Å². The van der Waals surface area contributed by atoms with Gasteiger partial charge >= 0.3 is 0 Å². The number of ether oxygens (including phenoxy) is 1. The first-order chi connectivity index (χ1) is 11.8. The molecule has 1 aliphatic rings. The van der Waals surface area contributed by atoms with Crippen molar-refractivity contribution in [1.29, 1.82) is 0 Å². The highest BCUT2D eigenvalue weighted by molar-refractivity contribution is 5.96. The first kappa shape index (κ1) is 19.0. The van der Waals surface area contributed by atoms with Crippen molar-refractivity contribution in [2.75, 3.05) is 12.4 Å². The van der Waals surface area contributed by atoms with Crippen molar-refractivity contribution in [2.45, 2.75) is 46.5 Å². The molecule has 136 valence electrons. The van der Waals surface area contributed by atoms with Crippen LogP contribution in [0.2, 0.25) is 0 Å². The molecule has 1 N–H and O–H groups in total. The van der Waals surface area contributed by atoms with Crippen molar-refractivity contribution in [3.63, 3.8) is 0 Å². The molecule has 0 radical (unpaired) electrons. The van der Waals surface area contributed by atoms with Crippen LogP contribution >= 0.6 is 0 Å². The summed E-state index contributed by atoms with van der Waals surface area (Å²) in [5, 5.41) is 14.0. The maximum absolute atomic E-state index is 12.2. The van der Waals surface area contributed by atoms with Gasteiger partial charge < -0.3 is 10.1 Å². The van der Waals surface area contributed by atoms with E-state index in [-0.39, 0.29) is 16.9 Å². The number of nitrogens with one attached hydrogen (secondary N) is 1. The highest BCUT2D eigenvalue weighted by Gasteiger charge is 2.33. The maximum Gasteiger partial charge on any atom is 0.273 e. The van der Waals surface area contributed by atoms with E-state index in [4.69, 9.17) is 4.74 Å². The van der Waals surface area contributed by atoms with E-state index >= 15 is 0 Å². The molecule has 0 spiro atoms. The van der Waals surface area contributed by atoms with E-state index < -0.39 is 4.92 Å². The lowest BCUT2D eigenvalue weighted by Crippen LogP contribution is -2.29. The SMILES string of the molecule is CCC(C)(C)[C@@H]1CCC(=O)/C(=C/Nc2ccc([N+](=O)[O-])cc2OC)C1. The lowest BCUT2D eigenvalue weighted by molar-refractivity contribution is -0.384. The van der Waals surface area contributed by atoms with Gasteiger partial charge in [-0.3, -0.25) is 14.9 Å². The second-order valence-electron chi connectivity index (χ2n) is 7.16. The summed E-state index contributed by atoms with van der Waals surface area (Å²) in [5.74, 6) is 1.01. The van der Waals surface area contributed by atoms with Gasteiger partial charge in [0.1, 0.15) is 5.75 Å². The van der Waals surface area contributed by atoms with Crippen LogP contribution in [-0.2, 0) is 4.79 Å². The van der Waals surface area contributed by atoms with Gasteiger partial charge in [-0.05, 0) is 30.2 Å². The third-order valence-electron chi connectivity index (χ3n) is 5.36. The molecule has 25 heavy (non-hydrogen) atoms. The number of hydrogen-bond donors (Lipinski definition) is 1. The smallest absolute Gasteiger partial charge is 0.273 e. The van der Waals surface area contributed by atoms with E-state index in [1.807, 2.05) is 0 Å². The van der Waals surface area contributed by atoms with Crippen LogP contribution < -0.4 is 10.1 Å². The van der Waals surface area contributed by atoms with Gasteiger partial charge in [-0.25, -0.2) is 0 Å². The van der Waals surface area contributed by atoms with Crippen LogP contribution in [0.5, 0.6) is 5.75 Å². The zero-order chi connectivity index (χ0) is 18.6. The number of carbonyl (C=O) groups is 1. The molecular weight excluding hydrogens is 320 g/mol. The minimum absolute atomic E-state index is 0.0337. The molecule has 0 unspecified atom stereocenters. The molecule has 1 fully saturated rings. The monoisotopic (exact) mass is 346 g/mol. The number of carbonyl (C=O) groups excluding carboxylic acids is 1. The molecule has 0 aromatic heterocycles. The topological polar surface area (TPSA) is 81.5 Å². The van der Waals surface area contributed by atoms with E-state index in [2.05, 4.69) is 26.1 Å². The number of allylic oxidation sites excluding steroid dienone is 1. The number of ketones is 1. The Bertz CT molecular complexity index is 695. The lowest BCUT2D eigenvalue weighted by atomic mass is 9.68. The molecule has 1 aliphatic carbocycles. The van der Waals surface area contributed by atoms with E-state index in [9.17, 15) is 14.9 Å². The van der Waals surface area contributed by atoms with E-state index in [0.717, 1.165) is 24.8 Å². The molecule has 1 aromatic carbocycles. The van der Waals surface area contributed by atoms with Gasteiger partial charge in [0.2, 0.25) is 0 Å². The normalized spacial score (nSPS) is 19.8. The molecule has 1 atom stereocenters. The van der Waals surface area contributed by atoms with Gasteiger partial charge in [0.15, 0.2) is 5.78 Å². The summed E-state index contributed by atoms with van der Waals surface area (Å²) in [5.41, 5.74) is 1.54. The standard InChI is InChI=1S/C19H26N2O4/c1-5-19(2,3)14-6-9-17(22)13(10-14)12-20-16-8-7-15(21(23)24)11-18(16)25-4/h7-8,11-12,14,20H,5-6,9-10H2,1-4H3/b13-12+/t14-/m1/s1. The van der Waals surface area contributed by atoms with E-state index in [1.54, 1.807) is 12.3 Å².